The van der Waals surface area contributed by atoms with Crippen LogP contribution in [0.2, 0.25) is 0 Å². The van der Waals surface area contributed by atoms with Crippen molar-refractivity contribution in [1.29, 1.82) is 0 Å². The van der Waals surface area contributed by atoms with Crippen molar-refractivity contribution in [3.63, 3.8) is 0 Å². The normalized spacial score (nSPS) is 10.0. The first-order valence-corrected chi connectivity index (χ1v) is 10.2. The van der Waals surface area contributed by atoms with Crippen molar-refractivity contribution in [3.8, 4) is 0 Å². The molecule has 0 radical (unpaired) electrons. The van der Waals surface area contributed by atoms with E-state index in [9.17, 15) is 24.0 Å². The van der Waals surface area contributed by atoms with E-state index in [2.05, 4.69) is 27.3 Å². The van der Waals surface area contributed by atoms with Crippen molar-refractivity contribution >= 4 is 36.6 Å². The molecule has 1 aromatic heterocycles. The van der Waals surface area contributed by atoms with Gasteiger partial charge < -0.3 is 35.4 Å². The predicted octanol–water partition coefficient (Wildman–Crippen LogP) is -0.100. The zero-order valence-corrected chi connectivity index (χ0v) is 21.9. The van der Waals surface area contributed by atoms with Crippen LogP contribution in [0.4, 0.5) is 0 Å². The van der Waals surface area contributed by atoms with Gasteiger partial charge in [-0.05, 0) is 30.5 Å². The van der Waals surface area contributed by atoms with Crippen molar-refractivity contribution < 1.29 is 33.8 Å². The van der Waals surface area contributed by atoms with Crippen LogP contribution in [0, 0.1) is 0 Å². The molecule has 0 aromatic carbocycles. The quantitative estimate of drug-likeness (QED) is 0.0548. The molecule has 0 aliphatic rings. The van der Waals surface area contributed by atoms with Crippen LogP contribution in [-0.2, 0) is 28.7 Å². The number of hydrogen-bond donors (Lipinski definition) is 4. The third kappa shape index (κ3) is 20.7. The number of hydrogen-bond acceptors (Lipinski definition) is 8. The molecule has 0 saturated heterocycles. The van der Waals surface area contributed by atoms with Gasteiger partial charge in [0, 0.05) is 38.5 Å². The molecule has 1 aromatic rings. The number of aliphatic hydroxyl groups is 1. The molecule has 0 saturated carbocycles. The summed E-state index contributed by atoms with van der Waals surface area (Å²) in [5.41, 5.74) is 0.933. The molecule has 4 N–H and O–H groups in total. The number of nitrogens with zero attached hydrogens (tertiary/aromatic N) is 1. The van der Waals surface area contributed by atoms with Gasteiger partial charge in [-0.3, -0.25) is 19.4 Å². The molecule has 0 spiro atoms. The SMILES string of the molecule is CCCCNC(=O)/C=C/c1cccnc1.CO.COC(=O)CCC(C=O)NC(=O)CN[C-]=O.[Fm]. The van der Waals surface area contributed by atoms with Crippen LogP contribution in [0.25, 0.3) is 6.08 Å². The maximum Gasteiger partial charge on any atom is 0.305 e. The first-order valence-electron chi connectivity index (χ1n) is 10.2. The Balaban J connectivity index is -0.000000513. The van der Waals surface area contributed by atoms with Crippen LogP contribution in [0.3, 0.4) is 0 Å². The summed E-state index contributed by atoms with van der Waals surface area (Å²) in [5.74, 6) is -1.03. The van der Waals surface area contributed by atoms with Gasteiger partial charge in [-0.15, -0.1) is 0 Å². The largest absolute Gasteiger partial charge is 0.522 e. The van der Waals surface area contributed by atoms with Crippen molar-refractivity contribution in [3.05, 3.63) is 36.2 Å². The Bertz CT molecular complexity index is 718. The maximum atomic E-state index is 11.3. The minimum Gasteiger partial charge on any atom is -0.522 e. The summed E-state index contributed by atoms with van der Waals surface area (Å²) in [5, 5.41) is 14.2. The van der Waals surface area contributed by atoms with Gasteiger partial charge in [-0.25, -0.2) is 0 Å². The zero-order chi connectivity index (χ0) is 25.3. The summed E-state index contributed by atoms with van der Waals surface area (Å²) in [6, 6.07) is 2.98. The molecule has 0 aliphatic heterocycles. The number of amides is 3. The van der Waals surface area contributed by atoms with Crippen LogP contribution in [0.1, 0.15) is 38.2 Å². The van der Waals surface area contributed by atoms with Gasteiger partial charge in [0.15, 0.2) is 0 Å². The predicted molar refractivity (Wildman–Crippen MR) is 122 cm³/mol. The number of aromatic nitrogens is 1. The van der Waals surface area contributed by atoms with Crippen molar-refractivity contribution in [2.24, 2.45) is 0 Å². The second-order valence-electron chi connectivity index (χ2n) is 6.14. The maximum absolute atomic E-state index is 11.3. The Hall–Kier alpha value is -4.60. The molecule has 0 bridgehead atoms. The third-order valence-electron chi connectivity index (χ3n) is 3.66. The van der Waals surface area contributed by atoms with Gasteiger partial charge >= 0.3 is 5.97 Å². The molecular weight excluding hydrogens is 689 g/mol. The number of carbonyl (C=O) groups excluding carboxylic acids is 5. The molecule has 0 aliphatic carbocycles. The summed E-state index contributed by atoms with van der Waals surface area (Å²) in [6.45, 7) is 2.58. The fourth-order valence-electron chi connectivity index (χ4n) is 2.02. The Kier molecular flexibility index (Phi) is 24.7. The van der Waals surface area contributed by atoms with Gasteiger partial charge in [0.1, 0.15) is 6.29 Å². The smallest absolute Gasteiger partial charge is 0.305 e. The number of rotatable bonds is 13. The van der Waals surface area contributed by atoms with Gasteiger partial charge in [0.2, 0.25) is 11.8 Å². The summed E-state index contributed by atoms with van der Waals surface area (Å²) in [4.78, 5) is 57.4. The topological polar surface area (TPSA) is 164 Å². The zero-order valence-electron chi connectivity index (χ0n) is 19.5. The minimum absolute atomic E-state index is 0. The molecule has 1 atom stereocenters. The Morgan fingerprint density at radius 2 is 2.00 bits per heavy atom. The van der Waals surface area contributed by atoms with E-state index in [1.54, 1.807) is 18.5 Å². The Morgan fingerprint density at radius 1 is 1.29 bits per heavy atom. The number of aldehydes is 1. The number of esters is 1. The summed E-state index contributed by atoms with van der Waals surface area (Å²) < 4.78 is 4.38. The average molecular weight is 723 g/mol. The van der Waals surface area contributed by atoms with Gasteiger partial charge in [-0.1, -0.05) is 19.4 Å². The van der Waals surface area contributed by atoms with Crippen molar-refractivity contribution in [1.82, 2.24) is 20.9 Å². The Morgan fingerprint density at radius 3 is 2.53 bits per heavy atom. The number of unbranched alkanes of at least 4 members (excludes halogenated alkanes) is 1. The summed E-state index contributed by atoms with van der Waals surface area (Å²) >= 11 is 0. The minimum atomic E-state index is -0.764. The van der Waals surface area contributed by atoms with Gasteiger partial charge in [-0.2, -0.15) is 6.41 Å². The first-order chi connectivity index (χ1) is 16.0. The number of pyridine rings is 1. The van der Waals surface area contributed by atoms with E-state index in [0.29, 0.717) is 6.29 Å². The van der Waals surface area contributed by atoms with E-state index in [1.807, 2.05) is 17.4 Å². The molecule has 196 valence electrons. The summed E-state index contributed by atoms with van der Waals surface area (Å²) in [7, 11) is 2.24. The molecule has 1 heterocycles. The van der Waals surface area contributed by atoms with Crippen molar-refractivity contribution in [2.45, 2.75) is 38.6 Å². The molecule has 3 amide bonds. The second kappa shape index (κ2) is 24.7. The van der Waals surface area contributed by atoms with E-state index < -0.39 is 17.9 Å². The van der Waals surface area contributed by atoms with Crippen LogP contribution in [-0.4, -0.2) is 73.9 Å². The summed E-state index contributed by atoms with van der Waals surface area (Å²) in [6.07, 6.45) is 10.9. The molecule has 0 fully saturated rings. The third-order valence-corrected chi connectivity index (χ3v) is 3.66. The van der Waals surface area contributed by atoms with Crippen LogP contribution >= 0.6 is 0 Å². The molecule has 11 nitrogen and oxygen atoms in total. The average Bonchev–Trinajstić information content (AvgIpc) is 2.86. The molecule has 1 unspecified atom stereocenters. The van der Waals surface area contributed by atoms with E-state index >= 15 is 0 Å². The second-order valence-corrected chi connectivity index (χ2v) is 6.14. The van der Waals surface area contributed by atoms with Crippen LogP contribution < -0.4 is 16.0 Å². The molecule has 12 heteroatoms. The van der Waals surface area contributed by atoms with Crippen LogP contribution in [0.5, 0.6) is 0 Å². The van der Waals surface area contributed by atoms with E-state index in [1.165, 1.54) is 19.6 Å². The van der Waals surface area contributed by atoms with Crippen molar-refractivity contribution in [2.75, 3.05) is 27.3 Å². The number of aliphatic hydroxyl groups excluding tert-OH is 1. The first kappa shape index (κ1) is 34.0. The number of methoxy groups -OCH3 is 1. The van der Waals surface area contributed by atoms with Gasteiger partial charge in [0.05, 0.1) is 19.7 Å². The van der Waals surface area contributed by atoms with Gasteiger partial charge in [0.25, 0.3) is 0 Å². The molecule has 1 rings (SSSR count). The monoisotopic (exact) mass is 722 g/mol. The van der Waals surface area contributed by atoms with E-state index in [-0.39, 0.29) is 25.3 Å². The standard InChI is InChI=1S/C12H16N2O.C9H13N2O5.CH4O.Fm/c1-2-3-9-14-12(15)7-6-11-5-4-8-13-10-11;1-16-9(15)3-2-7(5-12)11-8(14)4-10-6-13;1-2;/h4-8,10H,2-3,9H2,1H3,(H,14,15);5,7H,2-4H2,1H3,(H,10,13)(H,11,14);2H,1H3;/q;-1;;/b7-6+;;;. The number of nitrogens with one attached hydrogen (secondary N) is 3. The van der Waals surface area contributed by atoms with E-state index in [4.69, 9.17) is 5.11 Å². The fourth-order valence-corrected chi connectivity index (χ4v) is 2.02. The van der Waals surface area contributed by atoms with Crippen LogP contribution in [0.15, 0.2) is 30.6 Å². The fraction of sp³-hybridized carbons (Fsp3) is 0.455. The Labute approximate surface area is 194 Å². The molecule has 34 heavy (non-hydrogen) atoms. The van der Waals surface area contributed by atoms with E-state index in [0.717, 1.165) is 32.1 Å². The number of ether oxygens (including phenoxy) is 1. The number of carbonyl (C=O) groups is 4. The molecular formula is C22H33FmN4O7-.